The van der Waals surface area contributed by atoms with E-state index in [2.05, 4.69) is 18.4 Å². The highest BCUT2D eigenvalue weighted by molar-refractivity contribution is 7.10. The van der Waals surface area contributed by atoms with Crippen LogP contribution in [0, 0.1) is 6.92 Å². The van der Waals surface area contributed by atoms with Crippen LogP contribution in [0.3, 0.4) is 0 Å². The van der Waals surface area contributed by atoms with Crippen molar-refractivity contribution in [3.05, 3.63) is 21.9 Å². The van der Waals surface area contributed by atoms with Crippen LogP contribution in [0.2, 0.25) is 0 Å². The molecule has 1 aromatic rings. The number of thiophene rings is 1. The van der Waals surface area contributed by atoms with Crippen molar-refractivity contribution in [2.24, 2.45) is 5.73 Å². The third kappa shape index (κ3) is 2.12. The van der Waals surface area contributed by atoms with E-state index in [1.807, 2.05) is 6.92 Å². The topological polar surface area (TPSA) is 26.0 Å². The molecule has 0 saturated carbocycles. The van der Waals surface area contributed by atoms with Crippen molar-refractivity contribution >= 4 is 11.3 Å². The Bertz CT molecular complexity index is 203. The molecule has 0 spiro atoms. The fourth-order valence-electron chi connectivity index (χ4n) is 0.977. The summed E-state index contributed by atoms with van der Waals surface area (Å²) in [4.78, 5) is 1.37. The third-order valence-electron chi connectivity index (χ3n) is 1.34. The van der Waals surface area contributed by atoms with E-state index in [9.17, 15) is 0 Å². The molecule has 0 aromatic carbocycles. The number of hydrogen-bond acceptors (Lipinski definition) is 2. The van der Waals surface area contributed by atoms with Gasteiger partial charge in [-0.25, -0.2) is 0 Å². The van der Waals surface area contributed by atoms with Crippen molar-refractivity contribution in [3.8, 4) is 0 Å². The van der Waals surface area contributed by atoms with E-state index in [0.29, 0.717) is 0 Å². The molecular formula is C8H13NS. The lowest BCUT2D eigenvalue weighted by molar-refractivity contribution is 0.740. The van der Waals surface area contributed by atoms with Crippen LogP contribution in [-0.2, 0) is 6.42 Å². The normalized spacial score (nSPS) is 13.5. The summed E-state index contributed by atoms with van der Waals surface area (Å²) < 4.78 is 0. The van der Waals surface area contributed by atoms with E-state index < -0.39 is 0 Å². The molecule has 0 aliphatic rings. The first kappa shape index (κ1) is 7.76. The van der Waals surface area contributed by atoms with Crippen molar-refractivity contribution in [3.63, 3.8) is 0 Å². The molecule has 1 rings (SSSR count). The quantitative estimate of drug-likeness (QED) is 0.694. The van der Waals surface area contributed by atoms with Crippen LogP contribution < -0.4 is 5.73 Å². The highest BCUT2D eigenvalue weighted by Crippen LogP contribution is 2.13. The Labute approximate surface area is 65.9 Å². The van der Waals surface area contributed by atoms with Crippen molar-refractivity contribution in [2.45, 2.75) is 26.3 Å². The van der Waals surface area contributed by atoms with Gasteiger partial charge in [0.2, 0.25) is 0 Å². The van der Waals surface area contributed by atoms with Gasteiger partial charge in [-0.05, 0) is 37.3 Å². The maximum atomic E-state index is 5.64. The molecule has 0 aliphatic carbocycles. The molecule has 0 amide bonds. The largest absolute Gasteiger partial charge is 0.328 e. The molecule has 2 heteroatoms. The van der Waals surface area contributed by atoms with Gasteiger partial charge in [-0.2, -0.15) is 0 Å². The minimum Gasteiger partial charge on any atom is -0.328 e. The van der Waals surface area contributed by atoms with Crippen molar-refractivity contribution in [1.82, 2.24) is 0 Å². The van der Waals surface area contributed by atoms with Gasteiger partial charge in [0.1, 0.15) is 0 Å². The van der Waals surface area contributed by atoms with Crippen LogP contribution >= 0.6 is 11.3 Å². The Morgan fingerprint density at radius 2 is 2.40 bits per heavy atom. The molecule has 0 saturated heterocycles. The van der Waals surface area contributed by atoms with Gasteiger partial charge in [0.25, 0.3) is 0 Å². The summed E-state index contributed by atoms with van der Waals surface area (Å²) in [5, 5.41) is 2.18. The second kappa shape index (κ2) is 3.17. The number of hydrogen-bond donors (Lipinski definition) is 1. The lowest BCUT2D eigenvalue weighted by atomic mass is 10.1. The molecule has 0 bridgehead atoms. The van der Waals surface area contributed by atoms with Crippen LogP contribution in [0.1, 0.15) is 17.4 Å². The maximum absolute atomic E-state index is 5.64. The molecule has 2 N–H and O–H groups in total. The van der Waals surface area contributed by atoms with Gasteiger partial charge in [0.15, 0.2) is 0 Å². The molecular weight excluding hydrogens is 142 g/mol. The summed E-state index contributed by atoms with van der Waals surface area (Å²) in [5.74, 6) is 0. The molecule has 1 nitrogen and oxygen atoms in total. The lowest BCUT2D eigenvalue weighted by Crippen LogP contribution is -2.17. The van der Waals surface area contributed by atoms with Crippen LogP contribution in [0.5, 0.6) is 0 Å². The zero-order valence-electron chi connectivity index (χ0n) is 6.42. The van der Waals surface area contributed by atoms with E-state index in [4.69, 9.17) is 5.73 Å². The Morgan fingerprint density at radius 1 is 1.70 bits per heavy atom. The Balaban J connectivity index is 2.58. The zero-order valence-corrected chi connectivity index (χ0v) is 7.24. The Hall–Kier alpha value is -0.340. The first-order valence-corrected chi connectivity index (χ1v) is 4.36. The SMILES string of the molecule is Cc1cc(CC(C)N)cs1. The lowest BCUT2D eigenvalue weighted by Gasteiger charge is -1.99. The van der Waals surface area contributed by atoms with Gasteiger partial charge in [-0.3, -0.25) is 0 Å². The molecule has 0 fully saturated rings. The van der Waals surface area contributed by atoms with Gasteiger partial charge in [-0.15, -0.1) is 11.3 Å². The first-order chi connectivity index (χ1) is 4.68. The second-order valence-electron chi connectivity index (χ2n) is 2.75. The highest BCUT2D eigenvalue weighted by Gasteiger charge is 1.98. The van der Waals surface area contributed by atoms with Crippen LogP contribution in [-0.4, -0.2) is 6.04 Å². The van der Waals surface area contributed by atoms with Gasteiger partial charge in [0.05, 0.1) is 0 Å². The van der Waals surface area contributed by atoms with Gasteiger partial charge in [-0.1, -0.05) is 0 Å². The van der Waals surface area contributed by atoms with Crippen LogP contribution in [0.15, 0.2) is 11.4 Å². The number of aryl methyl sites for hydroxylation is 1. The minimum absolute atomic E-state index is 0.286. The monoisotopic (exact) mass is 155 g/mol. The summed E-state index contributed by atoms with van der Waals surface area (Å²) in [6.45, 7) is 4.16. The molecule has 1 heterocycles. The summed E-state index contributed by atoms with van der Waals surface area (Å²) in [6, 6.07) is 2.49. The van der Waals surface area contributed by atoms with Crippen molar-refractivity contribution in [2.75, 3.05) is 0 Å². The van der Waals surface area contributed by atoms with Crippen LogP contribution in [0.25, 0.3) is 0 Å². The highest BCUT2D eigenvalue weighted by atomic mass is 32.1. The molecule has 0 radical (unpaired) electrons. The smallest absolute Gasteiger partial charge is 0.00512 e. The van der Waals surface area contributed by atoms with Gasteiger partial charge < -0.3 is 5.73 Å². The summed E-state index contributed by atoms with van der Waals surface area (Å²) >= 11 is 1.79. The number of nitrogens with two attached hydrogens (primary N) is 1. The Morgan fingerprint density at radius 3 is 2.80 bits per heavy atom. The number of rotatable bonds is 2. The van der Waals surface area contributed by atoms with Crippen molar-refractivity contribution < 1.29 is 0 Å². The van der Waals surface area contributed by atoms with Gasteiger partial charge in [0, 0.05) is 10.9 Å². The molecule has 56 valence electrons. The van der Waals surface area contributed by atoms with Crippen molar-refractivity contribution in [1.29, 1.82) is 0 Å². The predicted octanol–water partition coefficient (Wildman–Crippen LogP) is 1.95. The summed E-state index contributed by atoms with van der Waals surface area (Å²) in [7, 11) is 0. The van der Waals surface area contributed by atoms with E-state index in [1.54, 1.807) is 11.3 Å². The Kier molecular flexibility index (Phi) is 2.46. The fourth-order valence-corrected chi connectivity index (χ4v) is 1.70. The summed E-state index contributed by atoms with van der Waals surface area (Å²) in [5.41, 5.74) is 7.01. The average molecular weight is 155 g/mol. The third-order valence-corrected chi connectivity index (χ3v) is 2.25. The van der Waals surface area contributed by atoms with Gasteiger partial charge >= 0.3 is 0 Å². The average Bonchev–Trinajstić information content (AvgIpc) is 2.13. The standard InChI is InChI=1S/C8H13NS/c1-6(9)3-8-4-7(2)10-5-8/h4-6H,3,9H2,1-2H3. The molecule has 1 aromatic heterocycles. The van der Waals surface area contributed by atoms with E-state index >= 15 is 0 Å². The molecule has 10 heavy (non-hydrogen) atoms. The minimum atomic E-state index is 0.286. The van der Waals surface area contributed by atoms with E-state index in [1.165, 1.54) is 10.4 Å². The molecule has 1 atom stereocenters. The fraction of sp³-hybridized carbons (Fsp3) is 0.500. The molecule has 1 unspecified atom stereocenters. The first-order valence-electron chi connectivity index (χ1n) is 3.48. The zero-order chi connectivity index (χ0) is 7.56. The van der Waals surface area contributed by atoms with E-state index in [-0.39, 0.29) is 6.04 Å². The summed E-state index contributed by atoms with van der Waals surface area (Å²) in [6.07, 6.45) is 1.00. The van der Waals surface area contributed by atoms with Crippen LogP contribution in [0.4, 0.5) is 0 Å². The maximum Gasteiger partial charge on any atom is 0.00512 e. The van der Waals surface area contributed by atoms with E-state index in [0.717, 1.165) is 6.42 Å². The molecule has 0 aliphatic heterocycles. The predicted molar refractivity (Wildman–Crippen MR) is 46.4 cm³/mol. The second-order valence-corrected chi connectivity index (χ2v) is 3.86.